The first kappa shape index (κ1) is 33.4. The number of aryl methyl sites for hydroxylation is 2. The minimum absolute atomic E-state index is 1.01. The summed E-state index contributed by atoms with van der Waals surface area (Å²) < 4.78 is 0. The number of benzene rings is 5. The standard InChI is InChI=1S/C48H48N2/c1-3-5-7-11-17-35-23-25-38(26-24-35)47-32-44(37-20-14-10-15-21-37)46-31-41-29-40(39-27-28-42(49-34-39)22-16-8-6-4-2)30-43(36-18-12-9-13-19-36)45(41)33-48(46)50-47/h9-10,12-15,18-21,23-34H,3-8,11,16-17,22H2,1-2H3. The van der Waals surface area contributed by atoms with Crippen molar-refractivity contribution in [1.29, 1.82) is 0 Å². The van der Waals surface area contributed by atoms with E-state index in [1.165, 1.54) is 101 Å². The van der Waals surface area contributed by atoms with Gasteiger partial charge in [-0.2, -0.15) is 0 Å². The topological polar surface area (TPSA) is 25.8 Å². The highest BCUT2D eigenvalue weighted by atomic mass is 14.7. The number of unbranched alkanes of at least 4 members (excludes halogenated alkanes) is 6. The molecule has 250 valence electrons. The lowest BCUT2D eigenvalue weighted by Crippen LogP contribution is -1.93. The molecule has 0 fully saturated rings. The van der Waals surface area contributed by atoms with Crippen LogP contribution in [0.25, 0.3) is 66.3 Å². The Morgan fingerprint density at radius 1 is 0.460 bits per heavy atom. The predicted molar refractivity (Wildman–Crippen MR) is 214 cm³/mol. The number of fused-ring (bicyclic) bond motifs is 2. The van der Waals surface area contributed by atoms with E-state index in [1.54, 1.807) is 0 Å². The molecular formula is C48H48N2. The summed E-state index contributed by atoms with van der Waals surface area (Å²) in [6, 6.07) is 46.7. The molecule has 50 heavy (non-hydrogen) atoms. The van der Waals surface area contributed by atoms with Crippen molar-refractivity contribution in [3.8, 4) is 44.6 Å². The Hall–Kier alpha value is -5.08. The van der Waals surface area contributed by atoms with E-state index in [0.29, 0.717) is 0 Å². The third kappa shape index (κ3) is 7.71. The van der Waals surface area contributed by atoms with E-state index >= 15 is 0 Å². The van der Waals surface area contributed by atoms with Crippen molar-refractivity contribution in [1.82, 2.24) is 9.97 Å². The Morgan fingerprint density at radius 3 is 1.74 bits per heavy atom. The number of hydrogen-bond donors (Lipinski definition) is 0. The first-order valence-electron chi connectivity index (χ1n) is 18.8. The Labute approximate surface area is 298 Å². The molecule has 0 unspecified atom stereocenters. The molecule has 0 amide bonds. The third-order valence-corrected chi connectivity index (χ3v) is 10.1. The van der Waals surface area contributed by atoms with Gasteiger partial charge in [-0.25, -0.2) is 4.98 Å². The zero-order valence-corrected chi connectivity index (χ0v) is 29.7. The normalized spacial score (nSPS) is 11.4. The molecule has 0 aliphatic carbocycles. The molecule has 2 nitrogen and oxygen atoms in total. The first-order chi connectivity index (χ1) is 24.7. The Bertz CT molecular complexity index is 1990. The molecule has 7 aromatic rings. The highest BCUT2D eigenvalue weighted by Gasteiger charge is 2.15. The monoisotopic (exact) mass is 652 g/mol. The van der Waals surface area contributed by atoms with E-state index in [-0.39, 0.29) is 0 Å². The van der Waals surface area contributed by atoms with Gasteiger partial charge in [0.05, 0.1) is 11.2 Å². The molecular weight excluding hydrogens is 605 g/mol. The highest BCUT2D eigenvalue weighted by Crippen LogP contribution is 2.39. The van der Waals surface area contributed by atoms with Crippen LogP contribution in [-0.4, -0.2) is 9.97 Å². The molecule has 2 heterocycles. The highest BCUT2D eigenvalue weighted by molar-refractivity contribution is 6.10. The van der Waals surface area contributed by atoms with E-state index in [2.05, 4.69) is 147 Å². The molecule has 0 atom stereocenters. The number of rotatable bonds is 14. The van der Waals surface area contributed by atoms with Gasteiger partial charge in [-0.3, -0.25) is 4.98 Å². The zero-order chi connectivity index (χ0) is 34.1. The second-order valence-electron chi connectivity index (χ2n) is 13.8. The van der Waals surface area contributed by atoms with Gasteiger partial charge in [-0.15, -0.1) is 0 Å². The largest absolute Gasteiger partial charge is 0.261 e. The van der Waals surface area contributed by atoms with Crippen LogP contribution >= 0.6 is 0 Å². The molecule has 0 bridgehead atoms. The second kappa shape index (κ2) is 16.1. The van der Waals surface area contributed by atoms with Crippen LogP contribution in [-0.2, 0) is 12.8 Å². The molecule has 0 saturated heterocycles. The lowest BCUT2D eigenvalue weighted by Gasteiger charge is -2.15. The van der Waals surface area contributed by atoms with E-state index in [0.717, 1.165) is 40.6 Å². The average Bonchev–Trinajstić information content (AvgIpc) is 3.18. The van der Waals surface area contributed by atoms with Crippen molar-refractivity contribution < 1.29 is 0 Å². The van der Waals surface area contributed by atoms with Crippen LogP contribution in [0.15, 0.2) is 134 Å². The van der Waals surface area contributed by atoms with Gasteiger partial charge in [0.1, 0.15) is 0 Å². The molecule has 2 aromatic heterocycles. The van der Waals surface area contributed by atoms with Crippen LogP contribution in [0.2, 0.25) is 0 Å². The van der Waals surface area contributed by atoms with Gasteiger partial charge < -0.3 is 0 Å². The molecule has 2 heteroatoms. The van der Waals surface area contributed by atoms with Crippen molar-refractivity contribution in [3.63, 3.8) is 0 Å². The molecule has 0 saturated carbocycles. The maximum atomic E-state index is 5.35. The van der Waals surface area contributed by atoms with Crippen LogP contribution in [0.3, 0.4) is 0 Å². The Morgan fingerprint density at radius 2 is 1.10 bits per heavy atom. The molecule has 0 aliphatic rings. The average molecular weight is 653 g/mol. The minimum atomic E-state index is 1.01. The van der Waals surface area contributed by atoms with Gasteiger partial charge in [-0.1, -0.05) is 143 Å². The summed E-state index contributed by atoms with van der Waals surface area (Å²) in [6.45, 7) is 4.53. The number of hydrogen-bond acceptors (Lipinski definition) is 2. The zero-order valence-electron chi connectivity index (χ0n) is 29.7. The van der Waals surface area contributed by atoms with Crippen LogP contribution in [0, 0.1) is 0 Å². The van der Waals surface area contributed by atoms with E-state index in [9.17, 15) is 0 Å². The lowest BCUT2D eigenvalue weighted by molar-refractivity contribution is 0.661. The SMILES string of the molecule is CCCCCCc1ccc(-c2cc(-c3ccccc3)c3cc4cc(-c5ccc(CCCCCC)nc5)cc(-c5ccccc5)c4cc3n2)cc1. The summed E-state index contributed by atoms with van der Waals surface area (Å²) in [5, 5.41) is 3.58. The maximum Gasteiger partial charge on any atom is 0.0722 e. The quantitative estimate of drug-likeness (QED) is 0.0863. The molecule has 0 N–H and O–H groups in total. The number of nitrogens with zero attached hydrogens (tertiary/aromatic N) is 2. The number of aromatic nitrogens is 2. The summed E-state index contributed by atoms with van der Waals surface area (Å²) >= 11 is 0. The van der Waals surface area contributed by atoms with Crippen LogP contribution < -0.4 is 0 Å². The summed E-state index contributed by atoms with van der Waals surface area (Å²) in [6.07, 6.45) is 14.4. The summed E-state index contributed by atoms with van der Waals surface area (Å²) in [5.41, 5.74) is 12.9. The minimum Gasteiger partial charge on any atom is -0.261 e. The maximum absolute atomic E-state index is 5.35. The van der Waals surface area contributed by atoms with Gasteiger partial charge in [0.2, 0.25) is 0 Å². The Kier molecular flexibility index (Phi) is 10.8. The van der Waals surface area contributed by atoms with Gasteiger partial charge in [0.15, 0.2) is 0 Å². The van der Waals surface area contributed by atoms with Crippen molar-refractivity contribution in [2.24, 2.45) is 0 Å². The smallest absolute Gasteiger partial charge is 0.0722 e. The van der Waals surface area contributed by atoms with Crippen LogP contribution in [0.1, 0.15) is 76.5 Å². The number of pyridine rings is 2. The van der Waals surface area contributed by atoms with Crippen molar-refractivity contribution in [2.75, 3.05) is 0 Å². The van der Waals surface area contributed by atoms with E-state index in [1.807, 2.05) is 0 Å². The van der Waals surface area contributed by atoms with Gasteiger partial charge >= 0.3 is 0 Å². The fourth-order valence-electron chi connectivity index (χ4n) is 7.19. The van der Waals surface area contributed by atoms with Crippen molar-refractivity contribution >= 4 is 21.7 Å². The molecule has 0 spiro atoms. The summed E-state index contributed by atoms with van der Waals surface area (Å²) in [4.78, 5) is 10.2. The summed E-state index contributed by atoms with van der Waals surface area (Å²) in [7, 11) is 0. The fourth-order valence-corrected chi connectivity index (χ4v) is 7.19. The molecule has 7 rings (SSSR count). The van der Waals surface area contributed by atoms with Gasteiger partial charge in [0, 0.05) is 28.4 Å². The van der Waals surface area contributed by atoms with Crippen LogP contribution in [0.4, 0.5) is 0 Å². The van der Waals surface area contributed by atoms with Crippen molar-refractivity contribution in [3.05, 3.63) is 145 Å². The van der Waals surface area contributed by atoms with Gasteiger partial charge in [0.25, 0.3) is 0 Å². The Balaban J connectivity index is 1.34. The first-order valence-corrected chi connectivity index (χ1v) is 18.8. The molecule has 5 aromatic carbocycles. The van der Waals surface area contributed by atoms with E-state index in [4.69, 9.17) is 9.97 Å². The third-order valence-electron chi connectivity index (χ3n) is 10.1. The summed E-state index contributed by atoms with van der Waals surface area (Å²) in [5.74, 6) is 0. The van der Waals surface area contributed by atoms with Crippen LogP contribution in [0.5, 0.6) is 0 Å². The molecule has 0 aliphatic heterocycles. The fraction of sp³-hybridized carbons (Fsp3) is 0.250. The molecule has 0 radical (unpaired) electrons. The second-order valence-corrected chi connectivity index (χ2v) is 13.8. The predicted octanol–water partition coefficient (Wildman–Crippen LogP) is 13.7. The van der Waals surface area contributed by atoms with Crippen molar-refractivity contribution in [2.45, 2.75) is 78.1 Å². The lowest BCUT2D eigenvalue weighted by atomic mass is 9.90. The van der Waals surface area contributed by atoms with Gasteiger partial charge in [-0.05, 0) is 106 Å². The van der Waals surface area contributed by atoms with E-state index < -0.39 is 0 Å².